The lowest BCUT2D eigenvalue weighted by Gasteiger charge is -2.29. The highest BCUT2D eigenvalue weighted by Crippen LogP contribution is 2.12. The van der Waals surface area contributed by atoms with Crippen molar-refractivity contribution in [3.63, 3.8) is 0 Å². The van der Waals surface area contributed by atoms with Gasteiger partial charge < -0.3 is 19.9 Å². The van der Waals surface area contributed by atoms with E-state index in [4.69, 9.17) is 21.3 Å². The number of morpholine rings is 1. The quantitative estimate of drug-likeness (QED) is 0.659. The van der Waals surface area contributed by atoms with Gasteiger partial charge in [-0.2, -0.15) is 0 Å². The number of nitrogens with zero attached hydrogens (tertiary/aromatic N) is 3. The molecule has 1 atom stereocenters. The van der Waals surface area contributed by atoms with Crippen LogP contribution in [-0.2, 0) is 11.3 Å². The first-order valence-corrected chi connectivity index (χ1v) is 8.50. The normalized spacial score (nSPS) is 19.7. The van der Waals surface area contributed by atoms with E-state index in [1.54, 1.807) is 0 Å². The standard InChI is InChI=1S/C17H27ClN4O/c1-4-19-17(20-11-16-13-21(2)8-9-23-16)22(3)12-14-6-5-7-15(18)10-14/h5-7,10,16H,4,8-9,11-13H2,1-3H3,(H,19,20). The van der Waals surface area contributed by atoms with Gasteiger partial charge in [-0.25, -0.2) is 0 Å². The van der Waals surface area contributed by atoms with E-state index in [-0.39, 0.29) is 6.10 Å². The number of guanidine groups is 1. The van der Waals surface area contributed by atoms with Crippen LogP contribution in [0.4, 0.5) is 0 Å². The highest BCUT2D eigenvalue weighted by atomic mass is 35.5. The van der Waals surface area contributed by atoms with E-state index in [2.05, 4.69) is 35.2 Å². The Bertz CT molecular complexity index is 523. The fourth-order valence-corrected chi connectivity index (χ4v) is 2.83. The smallest absolute Gasteiger partial charge is 0.194 e. The topological polar surface area (TPSA) is 40.1 Å². The summed E-state index contributed by atoms with van der Waals surface area (Å²) in [5, 5.41) is 4.10. The Morgan fingerprint density at radius 3 is 3.04 bits per heavy atom. The van der Waals surface area contributed by atoms with Crippen molar-refractivity contribution in [2.75, 3.05) is 46.9 Å². The zero-order chi connectivity index (χ0) is 16.7. The average Bonchev–Trinajstić information content (AvgIpc) is 2.51. The van der Waals surface area contributed by atoms with Crippen molar-refractivity contribution >= 4 is 17.6 Å². The molecule has 1 N–H and O–H groups in total. The number of rotatable bonds is 5. The third-order valence-electron chi connectivity index (χ3n) is 3.79. The number of halogens is 1. The Morgan fingerprint density at radius 1 is 1.52 bits per heavy atom. The van der Waals surface area contributed by atoms with Crippen LogP contribution in [0, 0.1) is 0 Å². The van der Waals surface area contributed by atoms with Gasteiger partial charge in [0.15, 0.2) is 5.96 Å². The van der Waals surface area contributed by atoms with Crippen LogP contribution in [0.15, 0.2) is 29.3 Å². The van der Waals surface area contributed by atoms with Crippen LogP contribution in [0.5, 0.6) is 0 Å². The highest BCUT2D eigenvalue weighted by Gasteiger charge is 2.17. The van der Waals surface area contributed by atoms with Crippen molar-refractivity contribution in [3.8, 4) is 0 Å². The molecule has 1 aromatic rings. The Morgan fingerprint density at radius 2 is 2.35 bits per heavy atom. The summed E-state index contributed by atoms with van der Waals surface area (Å²) in [7, 11) is 4.16. The van der Waals surface area contributed by atoms with Crippen LogP contribution in [0.1, 0.15) is 12.5 Å². The molecule has 0 radical (unpaired) electrons. The molecular formula is C17H27ClN4O. The van der Waals surface area contributed by atoms with Crippen molar-refractivity contribution in [2.45, 2.75) is 19.6 Å². The lowest BCUT2D eigenvalue weighted by atomic mass is 10.2. The first kappa shape index (κ1) is 18.0. The first-order valence-electron chi connectivity index (χ1n) is 8.12. The molecule has 1 heterocycles. The monoisotopic (exact) mass is 338 g/mol. The molecule has 1 saturated heterocycles. The van der Waals surface area contributed by atoms with E-state index in [9.17, 15) is 0 Å². The number of hydrogen-bond donors (Lipinski definition) is 1. The lowest BCUT2D eigenvalue weighted by Crippen LogP contribution is -2.43. The summed E-state index contributed by atoms with van der Waals surface area (Å²) in [5.74, 6) is 0.893. The maximum Gasteiger partial charge on any atom is 0.194 e. The minimum absolute atomic E-state index is 0.168. The van der Waals surface area contributed by atoms with E-state index < -0.39 is 0 Å². The molecule has 1 unspecified atom stereocenters. The lowest BCUT2D eigenvalue weighted by molar-refractivity contribution is -0.0137. The van der Waals surface area contributed by atoms with Gasteiger partial charge >= 0.3 is 0 Å². The van der Waals surface area contributed by atoms with Gasteiger partial charge in [0.25, 0.3) is 0 Å². The minimum Gasteiger partial charge on any atom is -0.374 e. The number of nitrogens with one attached hydrogen (secondary N) is 1. The molecule has 1 aliphatic heterocycles. The molecule has 0 aromatic heterocycles. The molecule has 0 aliphatic carbocycles. The number of aliphatic imine (C=N–C) groups is 1. The van der Waals surface area contributed by atoms with Gasteiger partial charge in [-0.05, 0) is 31.7 Å². The predicted octanol–water partition coefficient (Wildman–Crippen LogP) is 2.07. The van der Waals surface area contributed by atoms with Crippen molar-refractivity contribution < 1.29 is 4.74 Å². The van der Waals surface area contributed by atoms with Gasteiger partial charge in [-0.3, -0.25) is 4.99 Å². The summed E-state index contributed by atoms with van der Waals surface area (Å²) in [6.45, 7) is 7.06. The molecule has 1 aromatic carbocycles. The third-order valence-corrected chi connectivity index (χ3v) is 4.03. The van der Waals surface area contributed by atoms with E-state index in [0.29, 0.717) is 6.54 Å². The van der Waals surface area contributed by atoms with Gasteiger partial charge in [0.05, 0.1) is 19.3 Å². The number of hydrogen-bond acceptors (Lipinski definition) is 3. The molecule has 0 bridgehead atoms. The Balaban J connectivity index is 1.96. The zero-order valence-electron chi connectivity index (χ0n) is 14.3. The van der Waals surface area contributed by atoms with E-state index in [0.717, 1.165) is 43.8 Å². The van der Waals surface area contributed by atoms with Crippen molar-refractivity contribution in [1.29, 1.82) is 0 Å². The summed E-state index contributed by atoms with van der Waals surface area (Å²) in [6.07, 6.45) is 0.168. The fourth-order valence-electron chi connectivity index (χ4n) is 2.62. The van der Waals surface area contributed by atoms with Gasteiger partial charge in [-0.1, -0.05) is 23.7 Å². The minimum atomic E-state index is 0.168. The first-order chi connectivity index (χ1) is 11.1. The SMILES string of the molecule is CCNC(=NCC1CN(C)CCO1)N(C)Cc1cccc(Cl)c1. The van der Waals surface area contributed by atoms with Crippen LogP contribution in [0.25, 0.3) is 0 Å². The van der Waals surface area contributed by atoms with E-state index in [1.807, 2.05) is 25.2 Å². The molecule has 2 rings (SSSR count). The van der Waals surface area contributed by atoms with Crippen LogP contribution in [0.3, 0.4) is 0 Å². The van der Waals surface area contributed by atoms with Crippen LogP contribution >= 0.6 is 11.6 Å². The Hall–Kier alpha value is -1.30. The molecule has 1 aliphatic rings. The second kappa shape index (κ2) is 9.11. The molecule has 6 heteroatoms. The average molecular weight is 339 g/mol. The Kier molecular flexibility index (Phi) is 7.15. The van der Waals surface area contributed by atoms with Crippen molar-refractivity contribution in [1.82, 2.24) is 15.1 Å². The fraction of sp³-hybridized carbons (Fsp3) is 0.588. The summed E-state index contributed by atoms with van der Waals surface area (Å²) in [4.78, 5) is 9.13. The van der Waals surface area contributed by atoms with Crippen molar-refractivity contribution in [2.24, 2.45) is 4.99 Å². The van der Waals surface area contributed by atoms with E-state index in [1.165, 1.54) is 5.56 Å². The van der Waals surface area contributed by atoms with Crippen LogP contribution in [0.2, 0.25) is 5.02 Å². The molecule has 5 nitrogen and oxygen atoms in total. The Labute approximate surface area is 144 Å². The summed E-state index contributed by atoms with van der Waals surface area (Å²) in [5.41, 5.74) is 1.17. The molecular weight excluding hydrogens is 312 g/mol. The summed E-state index contributed by atoms with van der Waals surface area (Å²) in [6, 6.07) is 7.93. The maximum atomic E-state index is 6.06. The maximum absolute atomic E-state index is 6.06. The summed E-state index contributed by atoms with van der Waals surface area (Å²) >= 11 is 6.06. The van der Waals surface area contributed by atoms with Gasteiger partial charge in [0, 0.05) is 38.2 Å². The van der Waals surface area contributed by atoms with Gasteiger partial charge in [-0.15, -0.1) is 0 Å². The molecule has 0 saturated carbocycles. The largest absolute Gasteiger partial charge is 0.374 e. The van der Waals surface area contributed by atoms with Crippen molar-refractivity contribution in [3.05, 3.63) is 34.9 Å². The van der Waals surface area contributed by atoms with Gasteiger partial charge in [0.2, 0.25) is 0 Å². The van der Waals surface area contributed by atoms with Gasteiger partial charge in [0.1, 0.15) is 0 Å². The zero-order valence-corrected chi connectivity index (χ0v) is 15.0. The van der Waals surface area contributed by atoms with Crippen LogP contribution < -0.4 is 5.32 Å². The summed E-state index contributed by atoms with van der Waals surface area (Å²) < 4.78 is 5.78. The van der Waals surface area contributed by atoms with Crippen LogP contribution in [-0.4, -0.2) is 68.7 Å². The molecule has 0 spiro atoms. The molecule has 128 valence electrons. The number of likely N-dealkylation sites (N-methyl/N-ethyl adjacent to an activating group) is 1. The highest BCUT2D eigenvalue weighted by molar-refractivity contribution is 6.30. The second-order valence-electron chi connectivity index (χ2n) is 5.94. The molecule has 23 heavy (non-hydrogen) atoms. The number of ether oxygens (including phenoxy) is 1. The van der Waals surface area contributed by atoms with E-state index >= 15 is 0 Å². The molecule has 1 fully saturated rings. The second-order valence-corrected chi connectivity index (χ2v) is 6.37. The third kappa shape index (κ3) is 6.01. The predicted molar refractivity (Wildman–Crippen MR) is 96.1 cm³/mol. The molecule has 0 amide bonds. The number of benzene rings is 1.